The smallest absolute Gasteiger partial charge is 0.256 e. The number of carbonyl (C=O) groups is 1. The maximum Gasteiger partial charge on any atom is 0.256 e. The average Bonchev–Trinajstić information content (AvgIpc) is 2.33. The van der Waals surface area contributed by atoms with Crippen LogP contribution in [0.2, 0.25) is 5.02 Å². The predicted molar refractivity (Wildman–Crippen MR) is 81.2 cm³/mol. The quantitative estimate of drug-likeness (QED) is 0.723. The molecule has 1 N–H and O–H groups in total. The van der Waals surface area contributed by atoms with Crippen molar-refractivity contribution in [3.8, 4) is 0 Å². The van der Waals surface area contributed by atoms with Gasteiger partial charge in [-0.15, -0.1) is 0 Å². The standard InChI is InChI=1S/C13H7Br2ClFNO/c14-9-2-1-3-11(17)12(9)18-13(19)8-5-4-7(16)6-10(8)15/h1-6H,(H,18,19). The van der Waals surface area contributed by atoms with Crippen LogP contribution >= 0.6 is 43.5 Å². The van der Waals surface area contributed by atoms with Gasteiger partial charge >= 0.3 is 0 Å². The van der Waals surface area contributed by atoms with Gasteiger partial charge in [0.15, 0.2) is 0 Å². The van der Waals surface area contributed by atoms with Crippen molar-refractivity contribution in [3.05, 3.63) is 61.7 Å². The zero-order valence-electron chi connectivity index (χ0n) is 9.38. The number of carbonyl (C=O) groups excluding carboxylic acids is 1. The Morgan fingerprint density at radius 1 is 1.16 bits per heavy atom. The Morgan fingerprint density at radius 2 is 1.89 bits per heavy atom. The molecule has 0 unspecified atom stereocenters. The van der Waals surface area contributed by atoms with Crippen LogP contribution in [0.4, 0.5) is 10.1 Å². The van der Waals surface area contributed by atoms with Gasteiger partial charge in [0.25, 0.3) is 5.91 Å². The summed E-state index contributed by atoms with van der Waals surface area (Å²) in [4.78, 5) is 12.1. The van der Waals surface area contributed by atoms with Crippen LogP contribution in [0.15, 0.2) is 45.3 Å². The fourth-order valence-corrected chi connectivity index (χ4v) is 2.78. The van der Waals surface area contributed by atoms with Gasteiger partial charge in [0.1, 0.15) is 5.82 Å². The van der Waals surface area contributed by atoms with E-state index in [2.05, 4.69) is 37.2 Å². The molecule has 0 saturated carbocycles. The predicted octanol–water partition coefficient (Wildman–Crippen LogP) is 5.26. The highest BCUT2D eigenvalue weighted by molar-refractivity contribution is 9.11. The SMILES string of the molecule is O=C(Nc1c(F)cccc1Br)c1ccc(Cl)cc1Br. The van der Waals surface area contributed by atoms with Crippen LogP contribution in [-0.2, 0) is 0 Å². The van der Waals surface area contributed by atoms with Crippen LogP contribution in [0.5, 0.6) is 0 Å². The molecule has 0 atom stereocenters. The molecule has 2 aromatic rings. The Labute approximate surface area is 131 Å². The van der Waals surface area contributed by atoms with Crippen LogP contribution in [0, 0.1) is 5.82 Å². The number of anilines is 1. The molecule has 6 heteroatoms. The van der Waals surface area contributed by atoms with Crippen molar-refractivity contribution in [1.29, 1.82) is 0 Å². The molecule has 0 saturated heterocycles. The van der Waals surface area contributed by atoms with E-state index in [4.69, 9.17) is 11.6 Å². The lowest BCUT2D eigenvalue weighted by atomic mass is 10.2. The van der Waals surface area contributed by atoms with Crippen molar-refractivity contribution in [2.75, 3.05) is 5.32 Å². The summed E-state index contributed by atoms with van der Waals surface area (Å²) in [7, 11) is 0. The lowest BCUT2D eigenvalue weighted by Crippen LogP contribution is -2.14. The first-order chi connectivity index (χ1) is 8.99. The molecule has 0 radical (unpaired) electrons. The second kappa shape index (κ2) is 6.03. The Hall–Kier alpha value is -0.910. The minimum atomic E-state index is -0.507. The van der Waals surface area contributed by atoms with Crippen molar-refractivity contribution in [2.24, 2.45) is 0 Å². The number of rotatable bonds is 2. The Bertz CT molecular complexity index is 628. The second-order valence-corrected chi connectivity index (χ2v) is 5.82. The molecule has 0 aromatic heterocycles. The lowest BCUT2D eigenvalue weighted by molar-refractivity contribution is 0.102. The molecular formula is C13H7Br2ClFNO. The molecule has 2 aromatic carbocycles. The summed E-state index contributed by atoms with van der Waals surface area (Å²) in [5, 5.41) is 3.03. The van der Waals surface area contributed by atoms with E-state index in [0.29, 0.717) is 19.5 Å². The third-order valence-electron chi connectivity index (χ3n) is 2.38. The highest BCUT2D eigenvalue weighted by atomic mass is 79.9. The number of hydrogen-bond donors (Lipinski definition) is 1. The summed E-state index contributed by atoms with van der Waals surface area (Å²) in [5.41, 5.74) is 0.480. The van der Waals surface area contributed by atoms with Crippen LogP contribution < -0.4 is 5.32 Å². The maximum absolute atomic E-state index is 13.6. The van der Waals surface area contributed by atoms with Crippen molar-refractivity contribution in [2.45, 2.75) is 0 Å². The fourth-order valence-electron chi connectivity index (χ4n) is 1.47. The third-order valence-corrected chi connectivity index (χ3v) is 3.93. The van der Waals surface area contributed by atoms with Gasteiger partial charge in [-0.1, -0.05) is 17.7 Å². The van der Waals surface area contributed by atoms with Gasteiger partial charge in [-0.3, -0.25) is 4.79 Å². The van der Waals surface area contributed by atoms with Crippen LogP contribution in [0.3, 0.4) is 0 Å². The molecule has 19 heavy (non-hydrogen) atoms. The first-order valence-corrected chi connectivity index (χ1v) is 7.16. The summed E-state index contributed by atoms with van der Waals surface area (Å²) in [5.74, 6) is -0.929. The average molecular weight is 407 g/mol. The molecule has 0 spiro atoms. The lowest BCUT2D eigenvalue weighted by Gasteiger charge is -2.09. The monoisotopic (exact) mass is 405 g/mol. The number of hydrogen-bond acceptors (Lipinski definition) is 1. The van der Waals surface area contributed by atoms with Crippen molar-refractivity contribution in [1.82, 2.24) is 0 Å². The number of amides is 1. The summed E-state index contributed by atoms with van der Waals surface area (Å²) >= 11 is 12.2. The third kappa shape index (κ3) is 3.35. The number of halogens is 4. The number of para-hydroxylation sites is 1. The summed E-state index contributed by atoms with van der Waals surface area (Å²) in [6, 6.07) is 9.24. The summed E-state index contributed by atoms with van der Waals surface area (Å²) in [6.45, 7) is 0. The van der Waals surface area contributed by atoms with E-state index >= 15 is 0 Å². The van der Waals surface area contributed by atoms with Gasteiger partial charge < -0.3 is 5.32 Å². The molecule has 98 valence electrons. The van der Waals surface area contributed by atoms with Crippen molar-refractivity contribution < 1.29 is 9.18 Å². The minimum absolute atomic E-state index is 0.106. The Morgan fingerprint density at radius 3 is 2.53 bits per heavy atom. The molecular weight excluding hydrogens is 400 g/mol. The highest BCUT2D eigenvalue weighted by Crippen LogP contribution is 2.27. The summed E-state index contributed by atoms with van der Waals surface area (Å²) in [6.07, 6.45) is 0. The van der Waals surface area contributed by atoms with E-state index in [-0.39, 0.29) is 5.69 Å². The molecule has 0 fully saturated rings. The highest BCUT2D eigenvalue weighted by Gasteiger charge is 2.14. The van der Waals surface area contributed by atoms with Gasteiger partial charge in [0.2, 0.25) is 0 Å². The topological polar surface area (TPSA) is 29.1 Å². The van der Waals surface area contributed by atoms with Crippen molar-refractivity contribution >= 4 is 55.1 Å². The van der Waals surface area contributed by atoms with Gasteiger partial charge in [-0.2, -0.15) is 0 Å². The first kappa shape index (κ1) is 14.5. The van der Waals surface area contributed by atoms with E-state index < -0.39 is 11.7 Å². The number of nitrogens with one attached hydrogen (secondary N) is 1. The zero-order chi connectivity index (χ0) is 14.0. The molecule has 0 aliphatic rings. The normalized spacial score (nSPS) is 10.3. The first-order valence-electron chi connectivity index (χ1n) is 5.19. The molecule has 0 heterocycles. The van der Waals surface area contributed by atoms with Gasteiger partial charge in [0, 0.05) is 14.0 Å². The molecule has 1 amide bonds. The second-order valence-electron chi connectivity index (χ2n) is 3.67. The van der Waals surface area contributed by atoms with E-state index in [1.54, 1.807) is 30.3 Å². The largest absolute Gasteiger partial charge is 0.318 e. The summed E-state index contributed by atoms with van der Waals surface area (Å²) < 4.78 is 14.6. The van der Waals surface area contributed by atoms with E-state index in [9.17, 15) is 9.18 Å². The molecule has 0 aliphatic carbocycles. The van der Waals surface area contributed by atoms with E-state index in [1.165, 1.54) is 6.07 Å². The van der Waals surface area contributed by atoms with E-state index in [0.717, 1.165) is 0 Å². The molecule has 2 rings (SSSR count). The Kier molecular flexibility index (Phi) is 4.60. The molecule has 2 nitrogen and oxygen atoms in total. The van der Waals surface area contributed by atoms with Gasteiger partial charge in [0.05, 0.1) is 11.3 Å². The fraction of sp³-hybridized carbons (Fsp3) is 0. The molecule has 0 aliphatic heterocycles. The Balaban J connectivity index is 2.31. The molecule has 0 bridgehead atoms. The van der Waals surface area contributed by atoms with Crippen molar-refractivity contribution in [3.63, 3.8) is 0 Å². The minimum Gasteiger partial charge on any atom is -0.318 e. The maximum atomic E-state index is 13.6. The zero-order valence-corrected chi connectivity index (χ0v) is 13.3. The van der Waals surface area contributed by atoms with E-state index in [1.807, 2.05) is 0 Å². The van der Waals surface area contributed by atoms with Gasteiger partial charge in [-0.05, 0) is 62.2 Å². The van der Waals surface area contributed by atoms with Crippen LogP contribution in [0.1, 0.15) is 10.4 Å². The van der Waals surface area contributed by atoms with Gasteiger partial charge in [-0.25, -0.2) is 4.39 Å². The number of benzene rings is 2. The van der Waals surface area contributed by atoms with Crippen LogP contribution in [-0.4, -0.2) is 5.91 Å². The van der Waals surface area contributed by atoms with Crippen LogP contribution in [0.25, 0.3) is 0 Å².